The Kier molecular flexibility index (Phi) is 7.02. The molecule has 2 aliphatic heterocycles. The van der Waals surface area contributed by atoms with E-state index < -0.39 is 0 Å². The largest absolute Gasteiger partial charge is 0.376 e. The molecule has 0 saturated carbocycles. The Bertz CT molecular complexity index is 1040. The molecule has 170 valence electrons. The Morgan fingerprint density at radius 2 is 2.03 bits per heavy atom. The van der Waals surface area contributed by atoms with Crippen molar-refractivity contribution in [2.24, 2.45) is 5.92 Å². The van der Waals surface area contributed by atoms with E-state index in [1.54, 1.807) is 23.1 Å². The maximum Gasteiger partial charge on any atom is 0.228 e. The molecule has 5 rings (SSSR count). The van der Waals surface area contributed by atoms with Crippen molar-refractivity contribution in [2.45, 2.75) is 56.2 Å². The maximum absolute atomic E-state index is 6.35. The van der Waals surface area contributed by atoms with E-state index in [2.05, 4.69) is 32.0 Å². The number of halogens is 1. The molecule has 9 heteroatoms. The van der Waals surface area contributed by atoms with Crippen LogP contribution >= 0.6 is 34.7 Å². The monoisotopic (exact) mass is 489 g/mol. The van der Waals surface area contributed by atoms with Crippen molar-refractivity contribution in [1.29, 1.82) is 0 Å². The number of nitrogens with zero attached hydrogens (tertiary/aromatic N) is 5. The van der Waals surface area contributed by atoms with Crippen LogP contribution in [0.15, 0.2) is 34.8 Å². The van der Waals surface area contributed by atoms with Gasteiger partial charge in [0.15, 0.2) is 5.16 Å². The minimum absolute atomic E-state index is 0.249. The molecule has 1 aromatic carbocycles. The van der Waals surface area contributed by atoms with Crippen LogP contribution in [0.1, 0.15) is 38.3 Å². The van der Waals surface area contributed by atoms with Crippen LogP contribution in [0, 0.1) is 5.92 Å². The van der Waals surface area contributed by atoms with Crippen LogP contribution in [-0.2, 0) is 17.0 Å². The lowest BCUT2D eigenvalue weighted by Gasteiger charge is -2.31. The van der Waals surface area contributed by atoms with Gasteiger partial charge in [0, 0.05) is 36.4 Å². The zero-order valence-electron chi connectivity index (χ0n) is 18.2. The van der Waals surface area contributed by atoms with Gasteiger partial charge in [0.05, 0.1) is 23.4 Å². The minimum Gasteiger partial charge on any atom is -0.376 e. The van der Waals surface area contributed by atoms with Gasteiger partial charge in [-0.2, -0.15) is 0 Å². The molecule has 4 heterocycles. The van der Waals surface area contributed by atoms with Crippen molar-refractivity contribution in [2.75, 3.05) is 24.6 Å². The third-order valence-corrected chi connectivity index (χ3v) is 8.43. The van der Waals surface area contributed by atoms with Crippen molar-refractivity contribution in [3.05, 3.63) is 40.4 Å². The summed E-state index contributed by atoms with van der Waals surface area (Å²) in [6.45, 7) is 6.10. The number of benzene rings is 1. The van der Waals surface area contributed by atoms with Crippen molar-refractivity contribution in [3.8, 4) is 10.6 Å². The maximum atomic E-state index is 6.35. The number of ether oxygens (including phenoxy) is 1. The first kappa shape index (κ1) is 22.2. The van der Waals surface area contributed by atoms with E-state index in [1.807, 2.05) is 24.3 Å². The molecule has 0 N–H and O–H groups in total. The lowest BCUT2D eigenvalue weighted by Crippen LogP contribution is -2.35. The zero-order valence-corrected chi connectivity index (χ0v) is 20.6. The first-order chi connectivity index (χ1) is 15.7. The van der Waals surface area contributed by atoms with E-state index in [0.29, 0.717) is 0 Å². The molecule has 32 heavy (non-hydrogen) atoms. The lowest BCUT2D eigenvalue weighted by atomic mass is 10.00. The molecule has 0 radical (unpaired) electrons. The summed E-state index contributed by atoms with van der Waals surface area (Å²) in [5.41, 5.74) is 2.02. The predicted octanol–water partition coefficient (Wildman–Crippen LogP) is 5.76. The van der Waals surface area contributed by atoms with E-state index >= 15 is 0 Å². The molecule has 1 atom stereocenters. The topological polar surface area (TPSA) is 56.1 Å². The van der Waals surface area contributed by atoms with Gasteiger partial charge in [0.1, 0.15) is 5.01 Å². The summed E-state index contributed by atoms with van der Waals surface area (Å²) < 4.78 is 8.22. The molecule has 2 aromatic heterocycles. The highest BCUT2D eigenvalue weighted by atomic mass is 35.5. The molecule has 2 aliphatic rings. The fourth-order valence-corrected chi connectivity index (χ4v) is 6.33. The number of thioether (sulfide) groups is 1. The van der Waals surface area contributed by atoms with Gasteiger partial charge in [-0.1, -0.05) is 48.5 Å². The lowest BCUT2D eigenvalue weighted by molar-refractivity contribution is 0.0951. The minimum atomic E-state index is 0.249. The van der Waals surface area contributed by atoms with Crippen LogP contribution in [0.2, 0.25) is 5.02 Å². The van der Waals surface area contributed by atoms with Crippen LogP contribution < -0.4 is 4.90 Å². The fraction of sp³-hybridized carbons (Fsp3) is 0.522. The van der Waals surface area contributed by atoms with Gasteiger partial charge in [0.25, 0.3) is 0 Å². The van der Waals surface area contributed by atoms with Crippen LogP contribution in [0.4, 0.5) is 5.95 Å². The van der Waals surface area contributed by atoms with Crippen molar-refractivity contribution in [1.82, 2.24) is 19.7 Å². The highest BCUT2D eigenvalue weighted by molar-refractivity contribution is 7.98. The molecular weight excluding hydrogens is 462 g/mol. The quantitative estimate of drug-likeness (QED) is 0.393. The Balaban J connectivity index is 1.32. The van der Waals surface area contributed by atoms with Gasteiger partial charge >= 0.3 is 0 Å². The van der Waals surface area contributed by atoms with Gasteiger partial charge in [-0.3, -0.25) is 4.57 Å². The molecule has 1 unspecified atom stereocenters. The highest BCUT2D eigenvalue weighted by Crippen LogP contribution is 2.33. The number of anilines is 1. The molecule has 0 aliphatic carbocycles. The Morgan fingerprint density at radius 3 is 2.81 bits per heavy atom. The summed E-state index contributed by atoms with van der Waals surface area (Å²) in [5.74, 6) is 2.53. The van der Waals surface area contributed by atoms with E-state index in [-0.39, 0.29) is 6.10 Å². The number of hydrogen-bond acceptors (Lipinski definition) is 7. The number of hydrogen-bond donors (Lipinski definition) is 0. The molecule has 2 saturated heterocycles. The molecule has 0 spiro atoms. The van der Waals surface area contributed by atoms with Crippen LogP contribution in [0.5, 0.6) is 0 Å². The summed E-state index contributed by atoms with van der Waals surface area (Å²) in [6, 6.07) is 7.86. The summed E-state index contributed by atoms with van der Waals surface area (Å²) in [4.78, 5) is 7.21. The summed E-state index contributed by atoms with van der Waals surface area (Å²) >= 11 is 9.68. The Morgan fingerprint density at radius 1 is 1.19 bits per heavy atom. The molecule has 2 fully saturated rings. The van der Waals surface area contributed by atoms with Gasteiger partial charge in [-0.25, -0.2) is 4.98 Å². The van der Waals surface area contributed by atoms with Gasteiger partial charge < -0.3 is 9.64 Å². The molecule has 0 bridgehead atoms. The second-order valence-corrected chi connectivity index (χ2v) is 10.8. The fourth-order valence-electron chi connectivity index (χ4n) is 4.25. The molecule has 3 aromatic rings. The van der Waals surface area contributed by atoms with Crippen molar-refractivity contribution >= 4 is 40.6 Å². The SMILES string of the molecule is CC1CCN(c2nnc(SCc3csc(-c4ccccc4Cl)n3)n2CC2CCCO2)CC1. The van der Waals surface area contributed by atoms with Crippen molar-refractivity contribution in [3.63, 3.8) is 0 Å². The standard InChI is InChI=1S/C23H28ClN5OS2/c1-16-8-10-28(11-9-16)22-26-27-23(29(22)13-18-5-4-12-30-18)32-15-17-14-31-21(25-17)19-6-2-3-7-20(19)24/h2-3,6-7,14,16,18H,4-5,8-13,15H2,1H3. The van der Waals surface area contributed by atoms with Crippen molar-refractivity contribution < 1.29 is 4.74 Å². The average Bonchev–Trinajstić information content (AvgIpc) is 3.56. The predicted molar refractivity (Wildman–Crippen MR) is 132 cm³/mol. The van der Waals surface area contributed by atoms with Gasteiger partial charge in [0.2, 0.25) is 5.95 Å². The van der Waals surface area contributed by atoms with Crippen LogP contribution in [-0.4, -0.2) is 45.5 Å². The molecular formula is C23H28ClN5OS2. The normalized spacial score (nSPS) is 19.7. The first-order valence-corrected chi connectivity index (χ1v) is 13.5. The third kappa shape index (κ3) is 4.98. The van der Waals surface area contributed by atoms with E-state index in [4.69, 9.17) is 21.3 Å². The van der Waals surface area contributed by atoms with Gasteiger partial charge in [-0.15, -0.1) is 21.5 Å². The Hall–Kier alpha value is -1.61. The number of rotatable bonds is 7. The summed E-state index contributed by atoms with van der Waals surface area (Å²) in [6.07, 6.45) is 4.90. The second kappa shape index (κ2) is 10.1. The van der Waals surface area contributed by atoms with Gasteiger partial charge in [-0.05, 0) is 37.7 Å². The smallest absolute Gasteiger partial charge is 0.228 e. The average molecular weight is 490 g/mol. The van der Waals surface area contributed by atoms with E-state index in [9.17, 15) is 0 Å². The number of thiazole rings is 1. The number of piperidine rings is 1. The third-order valence-electron chi connectivity index (χ3n) is 6.18. The van der Waals surface area contributed by atoms with Crippen LogP contribution in [0.3, 0.4) is 0 Å². The molecule has 6 nitrogen and oxygen atoms in total. The molecule has 0 amide bonds. The zero-order chi connectivity index (χ0) is 21.9. The summed E-state index contributed by atoms with van der Waals surface area (Å²) in [7, 11) is 0. The first-order valence-electron chi connectivity index (χ1n) is 11.3. The number of aromatic nitrogens is 4. The Labute approximate surface area is 202 Å². The second-order valence-electron chi connectivity index (χ2n) is 8.61. The van der Waals surface area contributed by atoms with Crippen LogP contribution in [0.25, 0.3) is 10.6 Å². The summed E-state index contributed by atoms with van der Waals surface area (Å²) in [5, 5.41) is 13.9. The van der Waals surface area contributed by atoms with E-state index in [1.165, 1.54) is 12.8 Å². The highest BCUT2D eigenvalue weighted by Gasteiger charge is 2.26. The van der Waals surface area contributed by atoms with E-state index in [0.717, 1.165) is 83.1 Å².